The van der Waals surface area contributed by atoms with Crippen LogP contribution in [-0.2, 0) is 16.0 Å². The van der Waals surface area contributed by atoms with Gasteiger partial charge in [0.05, 0.1) is 25.1 Å². The van der Waals surface area contributed by atoms with E-state index in [9.17, 15) is 9.59 Å². The first-order valence-corrected chi connectivity index (χ1v) is 7.77. The van der Waals surface area contributed by atoms with Gasteiger partial charge in [0.2, 0.25) is 5.91 Å². The molecule has 24 heavy (non-hydrogen) atoms. The number of carboxylic acid groups (broad SMARTS) is 1. The van der Waals surface area contributed by atoms with Gasteiger partial charge in [0.25, 0.3) is 0 Å². The molecule has 1 atom stereocenters. The molecule has 0 aliphatic rings. The summed E-state index contributed by atoms with van der Waals surface area (Å²) in [5.74, 6) is -1.57. The molecule has 0 heterocycles. The molecule has 2 N–H and O–H groups in total. The van der Waals surface area contributed by atoms with Gasteiger partial charge in [0.1, 0.15) is 5.75 Å². The zero-order valence-corrected chi connectivity index (χ0v) is 13.9. The SMILES string of the molecule is COc1ccccc1NC(=O)C(CC(=O)O)Cc1ccc(Cl)cc1. The van der Waals surface area contributed by atoms with E-state index in [0.717, 1.165) is 5.56 Å². The van der Waals surface area contributed by atoms with Gasteiger partial charge in [-0.05, 0) is 36.2 Å². The number of carbonyl (C=O) groups excluding carboxylic acids is 1. The molecule has 0 aliphatic heterocycles. The van der Waals surface area contributed by atoms with E-state index in [4.69, 9.17) is 21.4 Å². The van der Waals surface area contributed by atoms with Crippen LogP contribution in [0.5, 0.6) is 5.75 Å². The minimum Gasteiger partial charge on any atom is -0.495 e. The Morgan fingerprint density at radius 3 is 2.46 bits per heavy atom. The van der Waals surface area contributed by atoms with Gasteiger partial charge >= 0.3 is 5.97 Å². The van der Waals surface area contributed by atoms with E-state index >= 15 is 0 Å². The Bertz CT molecular complexity index is 715. The Labute approximate surface area is 145 Å². The number of halogens is 1. The molecular weight excluding hydrogens is 330 g/mol. The van der Waals surface area contributed by atoms with Crippen LogP contribution in [0, 0.1) is 5.92 Å². The van der Waals surface area contributed by atoms with Crippen LogP contribution < -0.4 is 10.1 Å². The zero-order chi connectivity index (χ0) is 17.5. The van der Waals surface area contributed by atoms with E-state index in [1.165, 1.54) is 7.11 Å². The summed E-state index contributed by atoms with van der Waals surface area (Å²) >= 11 is 5.85. The Morgan fingerprint density at radius 2 is 1.83 bits per heavy atom. The number of anilines is 1. The molecule has 5 nitrogen and oxygen atoms in total. The molecule has 0 aliphatic carbocycles. The molecule has 126 valence electrons. The van der Waals surface area contributed by atoms with Gasteiger partial charge in [-0.3, -0.25) is 9.59 Å². The number of aliphatic carboxylic acids is 1. The van der Waals surface area contributed by atoms with Gasteiger partial charge in [-0.1, -0.05) is 35.9 Å². The maximum absolute atomic E-state index is 12.5. The van der Waals surface area contributed by atoms with Crippen LogP contribution in [0.3, 0.4) is 0 Å². The molecule has 2 aromatic rings. The second-order valence-corrected chi connectivity index (χ2v) is 5.75. The van der Waals surface area contributed by atoms with E-state index in [-0.39, 0.29) is 12.3 Å². The molecule has 0 bridgehead atoms. The second-order valence-electron chi connectivity index (χ2n) is 5.31. The fourth-order valence-electron chi connectivity index (χ4n) is 2.36. The van der Waals surface area contributed by atoms with Gasteiger partial charge < -0.3 is 15.2 Å². The highest BCUT2D eigenvalue weighted by atomic mass is 35.5. The molecule has 0 aromatic heterocycles. The molecule has 1 unspecified atom stereocenters. The number of hydrogen-bond acceptors (Lipinski definition) is 3. The Morgan fingerprint density at radius 1 is 1.17 bits per heavy atom. The zero-order valence-electron chi connectivity index (χ0n) is 13.2. The third-order valence-corrected chi connectivity index (χ3v) is 3.80. The number of para-hydroxylation sites is 2. The first-order chi connectivity index (χ1) is 11.5. The summed E-state index contributed by atoms with van der Waals surface area (Å²) in [7, 11) is 1.51. The minimum absolute atomic E-state index is 0.260. The molecule has 0 saturated carbocycles. The number of methoxy groups -OCH3 is 1. The van der Waals surface area contributed by atoms with Crippen molar-refractivity contribution in [3.05, 3.63) is 59.1 Å². The number of amides is 1. The number of carboxylic acids is 1. The summed E-state index contributed by atoms with van der Waals surface area (Å²) in [5, 5.41) is 12.4. The van der Waals surface area contributed by atoms with E-state index in [1.54, 1.807) is 48.5 Å². The lowest BCUT2D eigenvalue weighted by Crippen LogP contribution is -2.27. The lowest BCUT2D eigenvalue weighted by molar-refractivity contribution is -0.140. The quantitative estimate of drug-likeness (QED) is 0.802. The van der Waals surface area contributed by atoms with Crippen molar-refractivity contribution >= 4 is 29.2 Å². The van der Waals surface area contributed by atoms with E-state index in [1.807, 2.05) is 0 Å². The minimum atomic E-state index is -1.02. The predicted molar refractivity (Wildman–Crippen MR) is 92.5 cm³/mol. The molecule has 6 heteroatoms. The average molecular weight is 348 g/mol. The second kappa shape index (κ2) is 8.36. The van der Waals surface area contributed by atoms with Crippen LogP contribution in [0.1, 0.15) is 12.0 Å². The summed E-state index contributed by atoms with van der Waals surface area (Å²) in [6.07, 6.45) is 0.0497. The van der Waals surface area contributed by atoms with Gasteiger partial charge in [-0.15, -0.1) is 0 Å². The Kier molecular flexibility index (Phi) is 6.21. The highest BCUT2D eigenvalue weighted by molar-refractivity contribution is 6.30. The lowest BCUT2D eigenvalue weighted by Gasteiger charge is -2.16. The van der Waals surface area contributed by atoms with Crippen molar-refractivity contribution in [1.29, 1.82) is 0 Å². The molecule has 0 fully saturated rings. The standard InChI is InChI=1S/C18H18ClNO4/c1-24-16-5-3-2-4-15(16)20-18(23)13(11-17(21)22)10-12-6-8-14(19)9-7-12/h2-9,13H,10-11H2,1H3,(H,20,23)(H,21,22). The maximum Gasteiger partial charge on any atom is 0.304 e. The van der Waals surface area contributed by atoms with Gasteiger partial charge in [-0.25, -0.2) is 0 Å². The summed E-state index contributed by atoms with van der Waals surface area (Å²) in [6, 6.07) is 14.0. The molecule has 2 aromatic carbocycles. The molecule has 1 amide bonds. The van der Waals surface area contributed by atoms with Crippen molar-refractivity contribution in [2.75, 3.05) is 12.4 Å². The maximum atomic E-state index is 12.5. The van der Waals surface area contributed by atoms with Gasteiger partial charge in [0.15, 0.2) is 0 Å². The van der Waals surface area contributed by atoms with Crippen LogP contribution in [0.4, 0.5) is 5.69 Å². The monoisotopic (exact) mass is 347 g/mol. The van der Waals surface area contributed by atoms with Crippen LogP contribution in [0.2, 0.25) is 5.02 Å². The largest absolute Gasteiger partial charge is 0.495 e. The topological polar surface area (TPSA) is 75.6 Å². The summed E-state index contributed by atoms with van der Waals surface area (Å²) < 4.78 is 5.19. The number of benzene rings is 2. The predicted octanol–water partition coefficient (Wildman–Crippen LogP) is 3.62. The highest BCUT2D eigenvalue weighted by Crippen LogP contribution is 2.25. The molecular formula is C18H18ClNO4. The van der Waals surface area contributed by atoms with Crippen LogP contribution >= 0.6 is 11.6 Å². The molecule has 0 radical (unpaired) electrons. The van der Waals surface area contributed by atoms with Crippen molar-refractivity contribution in [1.82, 2.24) is 0 Å². The fraction of sp³-hybridized carbons (Fsp3) is 0.222. The molecule has 0 saturated heterocycles. The van der Waals surface area contributed by atoms with E-state index in [0.29, 0.717) is 22.9 Å². The Hall–Kier alpha value is -2.53. The lowest BCUT2D eigenvalue weighted by atomic mass is 9.95. The average Bonchev–Trinajstić information content (AvgIpc) is 2.56. The van der Waals surface area contributed by atoms with Crippen molar-refractivity contribution in [3.8, 4) is 5.75 Å². The Balaban J connectivity index is 2.15. The normalized spacial score (nSPS) is 11.6. The molecule has 2 rings (SSSR count). The fourth-order valence-corrected chi connectivity index (χ4v) is 2.48. The summed E-state index contributed by atoms with van der Waals surface area (Å²) in [6.45, 7) is 0. The van der Waals surface area contributed by atoms with Crippen molar-refractivity contribution in [2.45, 2.75) is 12.8 Å². The van der Waals surface area contributed by atoms with Gasteiger partial charge in [-0.2, -0.15) is 0 Å². The first kappa shape index (κ1) is 17.8. The third-order valence-electron chi connectivity index (χ3n) is 3.55. The highest BCUT2D eigenvalue weighted by Gasteiger charge is 2.23. The third kappa shape index (κ3) is 4.99. The number of nitrogens with one attached hydrogen (secondary N) is 1. The van der Waals surface area contributed by atoms with Crippen molar-refractivity contribution in [2.24, 2.45) is 5.92 Å². The first-order valence-electron chi connectivity index (χ1n) is 7.39. The van der Waals surface area contributed by atoms with Crippen molar-refractivity contribution in [3.63, 3.8) is 0 Å². The van der Waals surface area contributed by atoms with E-state index in [2.05, 4.69) is 5.32 Å². The van der Waals surface area contributed by atoms with Crippen LogP contribution in [0.15, 0.2) is 48.5 Å². The number of ether oxygens (including phenoxy) is 1. The smallest absolute Gasteiger partial charge is 0.304 e. The summed E-state index contributed by atoms with van der Waals surface area (Å²) in [5.41, 5.74) is 1.36. The van der Waals surface area contributed by atoms with Crippen LogP contribution in [0.25, 0.3) is 0 Å². The van der Waals surface area contributed by atoms with E-state index < -0.39 is 11.9 Å². The molecule has 0 spiro atoms. The van der Waals surface area contributed by atoms with Gasteiger partial charge in [0, 0.05) is 5.02 Å². The number of rotatable bonds is 7. The summed E-state index contributed by atoms with van der Waals surface area (Å²) in [4.78, 5) is 23.6. The number of hydrogen-bond donors (Lipinski definition) is 2. The van der Waals surface area contributed by atoms with Crippen molar-refractivity contribution < 1.29 is 19.4 Å². The van der Waals surface area contributed by atoms with Crippen LogP contribution in [-0.4, -0.2) is 24.1 Å². The number of carbonyl (C=O) groups is 2.